The van der Waals surface area contributed by atoms with Crippen molar-refractivity contribution in [2.24, 2.45) is 0 Å². The van der Waals surface area contributed by atoms with Gasteiger partial charge < -0.3 is 24.8 Å². The molecule has 29 heavy (non-hydrogen) atoms. The van der Waals surface area contributed by atoms with Gasteiger partial charge in [-0.05, 0) is 67.3 Å². The molecule has 152 valence electrons. The van der Waals surface area contributed by atoms with Crippen LogP contribution in [0.2, 0.25) is 0 Å². The maximum Gasteiger partial charge on any atom is 0.140 e. The lowest BCUT2D eigenvalue weighted by Crippen LogP contribution is -2.34. The number of pyridine rings is 1. The third-order valence-electron chi connectivity index (χ3n) is 6.38. The van der Waals surface area contributed by atoms with Crippen molar-refractivity contribution < 1.29 is 14.9 Å². The zero-order valence-electron chi connectivity index (χ0n) is 16.8. The van der Waals surface area contributed by atoms with Crippen molar-refractivity contribution in [2.45, 2.75) is 57.6 Å². The number of ether oxygens (including phenoxy) is 1. The molecule has 2 aromatic heterocycles. The van der Waals surface area contributed by atoms with Crippen molar-refractivity contribution in [2.75, 3.05) is 6.54 Å². The lowest BCUT2D eigenvalue weighted by Gasteiger charge is -2.25. The Morgan fingerprint density at radius 2 is 2.03 bits per heavy atom. The molecule has 1 aromatic carbocycles. The second-order valence-corrected chi connectivity index (χ2v) is 8.36. The molecule has 2 aliphatic rings. The van der Waals surface area contributed by atoms with Gasteiger partial charge in [-0.25, -0.2) is 4.98 Å². The number of aliphatic hydroxyl groups excluding tert-OH is 2. The van der Waals surface area contributed by atoms with Crippen LogP contribution in [-0.2, 0) is 13.0 Å². The maximum atomic E-state index is 10.8. The zero-order valence-corrected chi connectivity index (χ0v) is 16.8. The first-order chi connectivity index (χ1) is 14.0. The van der Waals surface area contributed by atoms with E-state index in [-0.39, 0.29) is 6.04 Å². The van der Waals surface area contributed by atoms with Crippen molar-refractivity contribution in [1.29, 1.82) is 0 Å². The second-order valence-electron chi connectivity index (χ2n) is 8.36. The summed E-state index contributed by atoms with van der Waals surface area (Å²) in [7, 11) is 0. The number of nitrogens with zero attached hydrogens (tertiary/aromatic N) is 2. The largest absolute Gasteiger partial charge is 0.487 e. The van der Waals surface area contributed by atoms with Crippen LogP contribution in [0.25, 0.3) is 11.0 Å². The van der Waals surface area contributed by atoms with Crippen LogP contribution < -0.4 is 10.1 Å². The Morgan fingerprint density at radius 1 is 1.17 bits per heavy atom. The van der Waals surface area contributed by atoms with Gasteiger partial charge in [0.25, 0.3) is 0 Å². The van der Waals surface area contributed by atoms with Crippen molar-refractivity contribution in [3.63, 3.8) is 0 Å². The number of nitrogens with one attached hydrogen (secondary N) is 1. The van der Waals surface area contributed by atoms with E-state index >= 15 is 0 Å². The molecular formula is C23H27N3O3. The molecule has 0 radical (unpaired) electrons. The van der Waals surface area contributed by atoms with Crippen molar-refractivity contribution >= 4 is 11.0 Å². The monoisotopic (exact) mass is 393 g/mol. The number of aromatic nitrogens is 2. The van der Waals surface area contributed by atoms with Gasteiger partial charge in [0.2, 0.25) is 0 Å². The van der Waals surface area contributed by atoms with Gasteiger partial charge in [-0.2, -0.15) is 0 Å². The number of hydrogen-bond acceptors (Lipinski definition) is 5. The molecule has 1 aliphatic heterocycles. The lowest BCUT2D eigenvalue weighted by molar-refractivity contribution is -0.0166. The van der Waals surface area contributed by atoms with Crippen molar-refractivity contribution in [3.8, 4) is 5.75 Å². The van der Waals surface area contributed by atoms with Gasteiger partial charge in [0.1, 0.15) is 29.7 Å². The highest BCUT2D eigenvalue weighted by Crippen LogP contribution is 2.37. The van der Waals surface area contributed by atoms with Crippen LogP contribution >= 0.6 is 0 Å². The number of aliphatic hydroxyl groups is 2. The van der Waals surface area contributed by atoms with Gasteiger partial charge in [0, 0.05) is 30.7 Å². The summed E-state index contributed by atoms with van der Waals surface area (Å²) >= 11 is 0. The zero-order chi connectivity index (χ0) is 20.1. The van der Waals surface area contributed by atoms with E-state index in [1.807, 2.05) is 29.0 Å². The van der Waals surface area contributed by atoms with Crippen molar-refractivity contribution in [1.82, 2.24) is 14.9 Å². The third kappa shape index (κ3) is 3.12. The molecule has 0 unspecified atom stereocenters. The normalized spacial score (nSPS) is 26.6. The molecule has 1 aliphatic carbocycles. The topological polar surface area (TPSA) is 79.5 Å². The van der Waals surface area contributed by atoms with Crippen LogP contribution in [0.5, 0.6) is 5.75 Å². The maximum absolute atomic E-state index is 10.8. The number of rotatable bonds is 3. The quantitative estimate of drug-likeness (QED) is 0.637. The van der Waals surface area contributed by atoms with Crippen LogP contribution in [0.4, 0.5) is 0 Å². The molecular weight excluding hydrogens is 366 g/mol. The van der Waals surface area contributed by atoms with E-state index in [1.54, 1.807) is 6.20 Å². The molecule has 3 aromatic rings. The van der Waals surface area contributed by atoms with E-state index in [0.717, 1.165) is 47.4 Å². The van der Waals surface area contributed by atoms with E-state index in [1.165, 1.54) is 11.1 Å². The third-order valence-corrected chi connectivity index (χ3v) is 6.38. The van der Waals surface area contributed by atoms with Crippen LogP contribution in [0.15, 0.2) is 36.7 Å². The summed E-state index contributed by atoms with van der Waals surface area (Å²) in [5, 5.41) is 26.0. The minimum atomic E-state index is -0.944. The van der Waals surface area contributed by atoms with Gasteiger partial charge in [0.05, 0.1) is 6.04 Å². The van der Waals surface area contributed by atoms with Gasteiger partial charge >= 0.3 is 0 Å². The van der Waals surface area contributed by atoms with Crippen LogP contribution in [0, 0.1) is 13.8 Å². The highest BCUT2D eigenvalue weighted by Gasteiger charge is 2.44. The number of fused-ring (bicyclic) bond motifs is 2. The summed E-state index contributed by atoms with van der Waals surface area (Å²) in [6.07, 6.45) is 2.87. The molecule has 5 rings (SSSR count). The SMILES string of the molecule is Cc1cc2c(c(O[C@H]3C[C@@H](n4ccc5c(C)ccnc54)[C@H](O)[C@@H]3O)c1)CCNC2. The molecule has 0 amide bonds. The molecule has 1 fully saturated rings. The lowest BCUT2D eigenvalue weighted by atomic mass is 9.97. The van der Waals surface area contributed by atoms with Crippen LogP contribution in [-0.4, -0.2) is 44.6 Å². The predicted molar refractivity (Wildman–Crippen MR) is 111 cm³/mol. The Balaban J connectivity index is 1.45. The molecule has 1 saturated carbocycles. The van der Waals surface area contributed by atoms with E-state index in [9.17, 15) is 10.2 Å². The fraction of sp³-hybridized carbons (Fsp3) is 0.435. The second kappa shape index (κ2) is 7.13. The van der Waals surface area contributed by atoms with E-state index in [4.69, 9.17) is 4.74 Å². The standard InChI is InChI=1S/C23H27N3O3/c1-13-9-15-12-24-6-4-17(15)19(10-13)29-20-11-18(21(27)22(20)28)26-8-5-16-14(2)3-7-25-23(16)26/h3,5,7-10,18,20-22,24,27-28H,4,6,11-12H2,1-2H3/t18-,20+,21+,22-/m1/s1. The molecule has 0 spiro atoms. The summed E-state index contributed by atoms with van der Waals surface area (Å²) in [6.45, 7) is 5.87. The fourth-order valence-corrected chi connectivity index (χ4v) is 4.82. The fourth-order valence-electron chi connectivity index (χ4n) is 4.82. The van der Waals surface area contributed by atoms with Gasteiger partial charge in [-0.1, -0.05) is 6.07 Å². The van der Waals surface area contributed by atoms with E-state index < -0.39 is 18.3 Å². The highest BCUT2D eigenvalue weighted by atomic mass is 16.5. The molecule has 6 nitrogen and oxygen atoms in total. The Bertz CT molecular complexity index is 1060. The minimum Gasteiger partial charge on any atom is -0.487 e. The Morgan fingerprint density at radius 3 is 2.90 bits per heavy atom. The Kier molecular flexibility index (Phi) is 4.57. The van der Waals surface area contributed by atoms with Gasteiger partial charge in [-0.15, -0.1) is 0 Å². The Hall–Kier alpha value is -2.41. The first-order valence-corrected chi connectivity index (χ1v) is 10.3. The molecule has 6 heteroatoms. The molecule has 3 heterocycles. The smallest absolute Gasteiger partial charge is 0.140 e. The molecule has 0 saturated heterocycles. The average molecular weight is 393 g/mol. The summed E-state index contributed by atoms with van der Waals surface area (Å²) in [6, 6.07) is 7.97. The van der Waals surface area contributed by atoms with Crippen LogP contribution in [0.1, 0.15) is 34.7 Å². The number of benzene rings is 1. The van der Waals surface area contributed by atoms with Crippen molar-refractivity contribution in [3.05, 3.63) is 58.9 Å². The van der Waals surface area contributed by atoms with Gasteiger partial charge in [-0.3, -0.25) is 0 Å². The molecule has 0 bridgehead atoms. The summed E-state index contributed by atoms with van der Waals surface area (Å²) in [5.41, 5.74) is 5.59. The van der Waals surface area contributed by atoms with E-state index in [0.29, 0.717) is 6.42 Å². The van der Waals surface area contributed by atoms with Gasteiger partial charge in [0.15, 0.2) is 0 Å². The average Bonchev–Trinajstić information content (AvgIpc) is 3.25. The number of hydrogen-bond donors (Lipinski definition) is 3. The minimum absolute atomic E-state index is 0.274. The first kappa shape index (κ1) is 18.6. The first-order valence-electron chi connectivity index (χ1n) is 10.3. The summed E-state index contributed by atoms with van der Waals surface area (Å²) in [4.78, 5) is 4.51. The Labute approximate surface area is 170 Å². The van der Waals surface area contributed by atoms with Crippen LogP contribution in [0.3, 0.4) is 0 Å². The summed E-state index contributed by atoms with van der Waals surface area (Å²) in [5.74, 6) is 0.838. The highest BCUT2D eigenvalue weighted by molar-refractivity contribution is 5.79. The molecule has 4 atom stereocenters. The number of aryl methyl sites for hydroxylation is 2. The predicted octanol–water partition coefficient (Wildman–Crippen LogP) is 2.41. The molecule has 3 N–H and O–H groups in total. The van der Waals surface area contributed by atoms with E-state index in [2.05, 4.69) is 30.2 Å². The summed E-state index contributed by atoms with van der Waals surface area (Å²) < 4.78 is 8.31.